The van der Waals surface area contributed by atoms with Gasteiger partial charge in [0.05, 0.1) is 29.4 Å². The molecule has 11 nitrogen and oxygen atoms in total. The summed E-state index contributed by atoms with van der Waals surface area (Å²) in [5.74, 6) is 0.993. The minimum absolute atomic E-state index is 0.0557. The Hall–Kier alpha value is -3.54. The molecule has 1 aliphatic heterocycles. The number of aryl methyl sites for hydroxylation is 2. The third kappa shape index (κ3) is 6.13. The third-order valence-electron chi connectivity index (χ3n) is 5.19. The normalized spacial score (nSPS) is 13.8. The number of hydrogen-bond donors (Lipinski definition) is 2. The number of halogens is 2. The summed E-state index contributed by atoms with van der Waals surface area (Å²) in [4.78, 5) is 26.1. The first-order chi connectivity index (χ1) is 16.8. The number of anilines is 4. The van der Waals surface area contributed by atoms with Gasteiger partial charge < -0.3 is 15.0 Å². The molecule has 2 heterocycles. The molecule has 0 atom stereocenters. The third-order valence-corrected chi connectivity index (χ3v) is 5.82. The smallest absolute Gasteiger partial charge is 0.288 e. The van der Waals surface area contributed by atoms with E-state index in [0.717, 1.165) is 16.8 Å². The minimum Gasteiger partial charge on any atom is -0.378 e. The number of morpholine rings is 1. The second-order valence-electron chi connectivity index (χ2n) is 7.78. The summed E-state index contributed by atoms with van der Waals surface area (Å²) < 4.78 is 5.43. The molecule has 0 spiro atoms. The highest BCUT2D eigenvalue weighted by Gasteiger charge is 2.18. The van der Waals surface area contributed by atoms with Gasteiger partial charge in [0.1, 0.15) is 5.02 Å². The Balaban J connectivity index is 1.62. The van der Waals surface area contributed by atoms with Crippen LogP contribution >= 0.6 is 23.2 Å². The van der Waals surface area contributed by atoms with Gasteiger partial charge in [-0.1, -0.05) is 35.3 Å². The quantitative estimate of drug-likeness (QED) is 0.259. The summed E-state index contributed by atoms with van der Waals surface area (Å²) in [5, 5.41) is 18.7. The Bertz CT molecular complexity index is 1280. The molecule has 0 radical (unpaired) electrons. The van der Waals surface area contributed by atoms with Gasteiger partial charge in [-0.2, -0.15) is 20.1 Å². The van der Waals surface area contributed by atoms with Gasteiger partial charge in [-0.15, -0.1) is 0 Å². The first-order valence-electron chi connectivity index (χ1n) is 10.7. The lowest BCUT2D eigenvalue weighted by molar-refractivity contribution is -0.384. The molecule has 182 valence electrons. The number of aromatic nitrogens is 3. The summed E-state index contributed by atoms with van der Waals surface area (Å²) in [6.07, 6.45) is 1.33. The predicted molar refractivity (Wildman–Crippen MR) is 136 cm³/mol. The van der Waals surface area contributed by atoms with Gasteiger partial charge in [0.25, 0.3) is 5.69 Å². The first kappa shape index (κ1) is 24.6. The lowest BCUT2D eigenvalue weighted by Gasteiger charge is -2.27. The predicted octanol–water partition coefficient (Wildman–Crippen LogP) is 4.73. The van der Waals surface area contributed by atoms with Gasteiger partial charge in [-0.3, -0.25) is 10.1 Å². The Morgan fingerprint density at radius 1 is 1.09 bits per heavy atom. The Morgan fingerprint density at radius 3 is 2.57 bits per heavy atom. The number of ether oxygens (including phenoxy) is 1. The highest BCUT2D eigenvalue weighted by Crippen LogP contribution is 2.30. The lowest BCUT2D eigenvalue weighted by atomic mass is 10.1. The van der Waals surface area contributed by atoms with Crippen LogP contribution < -0.4 is 15.6 Å². The molecule has 3 aromatic rings. The van der Waals surface area contributed by atoms with Crippen LogP contribution in [0.15, 0.2) is 35.4 Å². The first-order valence-corrected chi connectivity index (χ1v) is 11.4. The van der Waals surface area contributed by atoms with Crippen molar-refractivity contribution in [3.8, 4) is 0 Å². The van der Waals surface area contributed by atoms with Crippen LogP contribution in [-0.2, 0) is 4.74 Å². The molecular formula is C22H22Cl2N8O3. The molecule has 35 heavy (non-hydrogen) atoms. The molecule has 13 heteroatoms. The van der Waals surface area contributed by atoms with Crippen molar-refractivity contribution in [2.24, 2.45) is 5.10 Å². The van der Waals surface area contributed by atoms with Crippen LogP contribution in [0.25, 0.3) is 0 Å². The number of nitro groups is 1. The van der Waals surface area contributed by atoms with Crippen molar-refractivity contribution < 1.29 is 9.66 Å². The van der Waals surface area contributed by atoms with Crippen molar-refractivity contribution in [2.75, 3.05) is 41.9 Å². The zero-order valence-corrected chi connectivity index (χ0v) is 20.5. The van der Waals surface area contributed by atoms with Crippen molar-refractivity contribution in [3.05, 3.63) is 67.2 Å². The van der Waals surface area contributed by atoms with Gasteiger partial charge in [0.2, 0.25) is 17.8 Å². The van der Waals surface area contributed by atoms with Gasteiger partial charge in [-0.25, -0.2) is 5.43 Å². The molecular weight excluding hydrogens is 495 g/mol. The zero-order chi connectivity index (χ0) is 24.9. The molecule has 0 bridgehead atoms. The number of nitro benzene ring substituents is 1. The van der Waals surface area contributed by atoms with Crippen LogP contribution in [0, 0.1) is 24.0 Å². The monoisotopic (exact) mass is 516 g/mol. The molecule has 1 aromatic heterocycles. The number of rotatable bonds is 7. The number of hydrazone groups is 1. The average molecular weight is 517 g/mol. The molecule has 0 aliphatic carbocycles. The van der Waals surface area contributed by atoms with Crippen LogP contribution in [-0.4, -0.2) is 52.4 Å². The van der Waals surface area contributed by atoms with E-state index >= 15 is 0 Å². The number of benzene rings is 2. The summed E-state index contributed by atoms with van der Waals surface area (Å²) in [6, 6.07) is 8.60. The molecule has 1 fully saturated rings. The molecule has 2 aromatic carbocycles. The van der Waals surface area contributed by atoms with E-state index < -0.39 is 4.92 Å². The van der Waals surface area contributed by atoms with E-state index in [2.05, 4.69) is 30.8 Å². The largest absolute Gasteiger partial charge is 0.378 e. The standard InChI is InChI=1S/C22H22Cl2N8O3/c1-13-3-4-14(2)18(9-13)26-20-27-21(29-22(28-20)31-5-7-35-8-6-31)30-25-12-15-10-19(32(33)34)17(24)11-16(15)23/h3-4,9-12H,5-8H2,1-2H3,(H2,26,27,28,29,30)/b25-12+. The van der Waals surface area contributed by atoms with Crippen LogP contribution in [0.5, 0.6) is 0 Å². The van der Waals surface area contributed by atoms with Crippen molar-refractivity contribution in [1.29, 1.82) is 0 Å². The minimum atomic E-state index is -0.588. The fourth-order valence-corrected chi connectivity index (χ4v) is 3.82. The van der Waals surface area contributed by atoms with E-state index in [1.54, 1.807) is 0 Å². The summed E-state index contributed by atoms with van der Waals surface area (Å²) in [6.45, 7) is 6.41. The lowest BCUT2D eigenvalue weighted by Crippen LogP contribution is -2.37. The highest BCUT2D eigenvalue weighted by atomic mass is 35.5. The number of hydrogen-bond acceptors (Lipinski definition) is 10. The molecule has 0 amide bonds. The Morgan fingerprint density at radius 2 is 1.83 bits per heavy atom. The van der Waals surface area contributed by atoms with E-state index in [1.165, 1.54) is 18.3 Å². The topological polar surface area (TPSA) is 131 Å². The Kier molecular flexibility index (Phi) is 7.59. The van der Waals surface area contributed by atoms with Crippen molar-refractivity contribution >= 4 is 58.6 Å². The van der Waals surface area contributed by atoms with Crippen LogP contribution in [0.3, 0.4) is 0 Å². The Labute approximate surface area is 211 Å². The fraction of sp³-hybridized carbons (Fsp3) is 0.273. The summed E-state index contributed by atoms with van der Waals surface area (Å²) in [7, 11) is 0. The van der Waals surface area contributed by atoms with Gasteiger partial charge >= 0.3 is 0 Å². The number of nitrogens with zero attached hydrogens (tertiary/aromatic N) is 6. The van der Waals surface area contributed by atoms with E-state index in [0.29, 0.717) is 43.8 Å². The second kappa shape index (κ2) is 10.8. The molecule has 2 N–H and O–H groups in total. The maximum absolute atomic E-state index is 11.2. The molecule has 1 aliphatic rings. The molecule has 0 saturated carbocycles. The van der Waals surface area contributed by atoms with E-state index in [9.17, 15) is 10.1 Å². The van der Waals surface area contributed by atoms with Crippen LogP contribution in [0.2, 0.25) is 10.0 Å². The SMILES string of the molecule is Cc1ccc(C)c(Nc2nc(N/N=C/c3cc([N+](=O)[O-])c(Cl)cc3Cl)nc(N3CCOCC3)n2)c1. The van der Waals surface area contributed by atoms with Gasteiger partial charge in [0, 0.05) is 30.4 Å². The zero-order valence-electron chi connectivity index (χ0n) is 19.0. The summed E-state index contributed by atoms with van der Waals surface area (Å²) in [5.41, 5.74) is 5.81. The van der Waals surface area contributed by atoms with E-state index in [4.69, 9.17) is 27.9 Å². The van der Waals surface area contributed by atoms with E-state index in [-0.39, 0.29) is 21.7 Å². The van der Waals surface area contributed by atoms with Crippen molar-refractivity contribution in [1.82, 2.24) is 15.0 Å². The maximum Gasteiger partial charge on any atom is 0.288 e. The van der Waals surface area contributed by atoms with Crippen molar-refractivity contribution in [3.63, 3.8) is 0 Å². The fourth-order valence-electron chi connectivity index (χ4n) is 3.32. The average Bonchev–Trinajstić information content (AvgIpc) is 2.83. The van der Waals surface area contributed by atoms with Crippen LogP contribution in [0.1, 0.15) is 16.7 Å². The molecule has 4 rings (SSSR count). The molecule has 1 saturated heterocycles. The second-order valence-corrected chi connectivity index (χ2v) is 8.59. The number of nitrogens with one attached hydrogen (secondary N) is 2. The maximum atomic E-state index is 11.2. The summed E-state index contributed by atoms with van der Waals surface area (Å²) >= 11 is 12.1. The van der Waals surface area contributed by atoms with E-state index in [1.807, 2.05) is 36.9 Å². The van der Waals surface area contributed by atoms with Crippen molar-refractivity contribution in [2.45, 2.75) is 13.8 Å². The van der Waals surface area contributed by atoms with Gasteiger partial charge in [-0.05, 0) is 37.1 Å². The molecule has 0 unspecified atom stereocenters. The highest BCUT2D eigenvalue weighted by molar-refractivity contribution is 6.37. The van der Waals surface area contributed by atoms with Gasteiger partial charge in [0.15, 0.2) is 0 Å². The van der Waals surface area contributed by atoms with Crippen LogP contribution in [0.4, 0.5) is 29.2 Å².